The van der Waals surface area contributed by atoms with Crippen LogP contribution in [0.25, 0.3) is 5.69 Å². The summed E-state index contributed by atoms with van der Waals surface area (Å²) in [5.41, 5.74) is 1.50. The molecule has 6 nitrogen and oxygen atoms in total. The Kier molecular flexibility index (Phi) is 4.86. The predicted molar refractivity (Wildman–Crippen MR) is 102 cm³/mol. The van der Waals surface area contributed by atoms with Crippen molar-refractivity contribution in [2.45, 2.75) is 6.92 Å². The Balaban J connectivity index is 2.03. The summed E-state index contributed by atoms with van der Waals surface area (Å²) in [5, 5.41) is 3.10. The van der Waals surface area contributed by atoms with Gasteiger partial charge in [0.2, 0.25) is 0 Å². The fourth-order valence-electron chi connectivity index (χ4n) is 2.75. The van der Waals surface area contributed by atoms with Gasteiger partial charge in [0.15, 0.2) is 0 Å². The molecule has 0 spiro atoms. The van der Waals surface area contributed by atoms with Crippen LogP contribution in [0.1, 0.15) is 16.1 Å². The molecule has 7 heteroatoms. The molecule has 0 atom stereocenters. The van der Waals surface area contributed by atoms with E-state index in [1.165, 1.54) is 17.9 Å². The van der Waals surface area contributed by atoms with Crippen LogP contribution in [-0.4, -0.2) is 22.4 Å². The molecule has 0 aliphatic heterocycles. The van der Waals surface area contributed by atoms with Crippen molar-refractivity contribution in [3.63, 3.8) is 0 Å². The normalized spacial score (nSPS) is 10.6. The number of rotatable bonds is 4. The average molecular weight is 372 g/mol. The first kappa shape index (κ1) is 17.8. The van der Waals surface area contributed by atoms with Gasteiger partial charge in [0, 0.05) is 12.1 Å². The van der Waals surface area contributed by atoms with Crippen molar-refractivity contribution in [2.24, 2.45) is 7.05 Å². The molecular weight excluding hydrogens is 354 g/mol. The molecule has 0 unspecified atom stereocenters. The van der Waals surface area contributed by atoms with E-state index in [9.17, 15) is 9.59 Å². The molecule has 0 radical (unpaired) electrons. The number of carbonyl (C=O) groups excluding carboxylic acids is 1. The summed E-state index contributed by atoms with van der Waals surface area (Å²) >= 11 is 5.99. The third-order valence-electron chi connectivity index (χ3n) is 4.20. The summed E-state index contributed by atoms with van der Waals surface area (Å²) in [6, 6.07) is 14.0. The minimum atomic E-state index is -0.463. The van der Waals surface area contributed by atoms with Crippen molar-refractivity contribution >= 4 is 23.2 Å². The van der Waals surface area contributed by atoms with Crippen LogP contribution in [0.2, 0.25) is 5.02 Å². The Bertz CT molecular complexity index is 1020. The van der Waals surface area contributed by atoms with E-state index < -0.39 is 5.91 Å². The minimum Gasteiger partial charge on any atom is -0.496 e. The zero-order valence-corrected chi connectivity index (χ0v) is 15.4. The standard InChI is InChI=1S/C19H18ClN3O3/c1-12-17(19(25)23(22(12)2)14-7-5-4-6-8-14)21-18(24)15-11-13(20)9-10-16(15)26-3/h4-11H,1-3H3,(H,21,24). The molecule has 0 saturated heterocycles. The number of anilines is 1. The van der Waals surface area contributed by atoms with Crippen LogP contribution in [0.5, 0.6) is 5.75 Å². The lowest BCUT2D eigenvalue weighted by Gasteiger charge is -2.09. The van der Waals surface area contributed by atoms with Gasteiger partial charge >= 0.3 is 0 Å². The van der Waals surface area contributed by atoms with Crippen molar-refractivity contribution < 1.29 is 9.53 Å². The Morgan fingerprint density at radius 1 is 1.15 bits per heavy atom. The van der Waals surface area contributed by atoms with Gasteiger partial charge in [0.1, 0.15) is 11.4 Å². The van der Waals surface area contributed by atoms with E-state index in [4.69, 9.17) is 16.3 Å². The van der Waals surface area contributed by atoms with Crippen LogP contribution >= 0.6 is 11.6 Å². The molecule has 0 fully saturated rings. The highest BCUT2D eigenvalue weighted by molar-refractivity contribution is 6.31. The lowest BCUT2D eigenvalue weighted by atomic mass is 10.2. The maximum absolute atomic E-state index is 12.9. The molecule has 1 heterocycles. The first-order valence-corrected chi connectivity index (χ1v) is 8.30. The van der Waals surface area contributed by atoms with Crippen LogP contribution in [-0.2, 0) is 7.05 Å². The number of methoxy groups -OCH3 is 1. The van der Waals surface area contributed by atoms with Crippen molar-refractivity contribution in [1.29, 1.82) is 0 Å². The molecule has 134 valence electrons. The van der Waals surface area contributed by atoms with E-state index in [-0.39, 0.29) is 16.8 Å². The summed E-state index contributed by atoms with van der Waals surface area (Å²) in [6.45, 7) is 1.77. The van der Waals surface area contributed by atoms with Gasteiger partial charge in [0.05, 0.1) is 24.1 Å². The smallest absolute Gasteiger partial charge is 0.295 e. The fourth-order valence-corrected chi connectivity index (χ4v) is 2.92. The summed E-state index contributed by atoms with van der Waals surface area (Å²) in [6.07, 6.45) is 0. The second-order valence-corrected chi connectivity index (χ2v) is 6.17. The minimum absolute atomic E-state index is 0.211. The number of amides is 1. The maximum Gasteiger partial charge on any atom is 0.295 e. The highest BCUT2D eigenvalue weighted by Gasteiger charge is 2.20. The summed E-state index contributed by atoms with van der Waals surface area (Å²) in [5.74, 6) is -0.0840. The second kappa shape index (κ2) is 7.09. The number of hydrogen-bond donors (Lipinski definition) is 1. The Hall–Kier alpha value is -2.99. The summed E-state index contributed by atoms with van der Waals surface area (Å²) in [4.78, 5) is 25.6. The number of nitrogens with zero attached hydrogens (tertiary/aromatic N) is 2. The van der Waals surface area contributed by atoms with E-state index in [2.05, 4.69) is 5.32 Å². The largest absolute Gasteiger partial charge is 0.496 e. The quantitative estimate of drug-likeness (QED) is 0.764. The van der Waals surface area contributed by atoms with Gasteiger partial charge < -0.3 is 10.1 Å². The molecule has 3 rings (SSSR count). The highest BCUT2D eigenvalue weighted by atomic mass is 35.5. The van der Waals surface area contributed by atoms with Gasteiger partial charge in [-0.15, -0.1) is 0 Å². The average Bonchev–Trinajstić information content (AvgIpc) is 2.85. The number of ether oxygens (including phenoxy) is 1. The fraction of sp³-hybridized carbons (Fsp3) is 0.158. The molecule has 2 aromatic carbocycles. The topological polar surface area (TPSA) is 65.3 Å². The lowest BCUT2D eigenvalue weighted by molar-refractivity contribution is 0.102. The third-order valence-corrected chi connectivity index (χ3v) is 4.43. The highest BCUT2D eigenvalue weighted by Crippen LogP contribution is 2.24. The van der Waals surface area contributed by atoms with E-state index in [1.54, 1.807) is 30.8 Å². The summed E-state index contributed by atoms with van der Waals surface area (Å²) in [7, 11) is 3.23. The molecule has 3 aromatic rings. The Morgan fingerprint density at radius 2 is 1.85 bits per heavy atom. The van der Waals surface area contributed by atoms with Crippen LogP contribution in [0.15, 0.2) is 53.3 Å². The maximum atomic E-state index is 12.9. The molecule has 0 bridgehead atoms. The van der Waals surface area contributed by atoms with Crippen LogP contribution < -0.4 is 15.6 Å². The molecule has 1 N–H and O–H groups in total. The van der Waals surface area contributed by atoms with Crippen LogP contribution in [0.3, 0.4) is 0 Å². The number of nitrogens with one attached hydrogen (secondary N) is 1. The van der Waals surface area contributed by atoms with Gasteiger partial charge in [-0.05, 0) is 37.3 Å². The van der Waals surface area contributed by atoms with Gasteiger partial charge in [-0.2, -0.15) is 0 Å². The number of carbonyl (C=O) groups is 1. The van der Waals surface area contributed by atoms with Gasteiger partial charge in [-0.1, -0.05) is 29.8 Å². The number of halogens is 1. The third kappa shape index (κ3) is 3.11. The molecule has 1 aromatic heterocycles. The van der Waals surface area contributed by atoms with E-state index in [1.807, 2.05) is 30.3 Å². The zero-order chi connectivity index (χ0) is 18.8. The van der Waals surface area contributed by atoms with Crippen LogP contribution in [0.4, 0.5) is 5.69 Å². The number of para-hydroxylation sites is 1. The second-order valence-electron chi connectivity index (χ2n) is 5.74. The molecular formula is C19H18ClN3O3. The first-order valence-electron chi connectivity index (χ1n) is 7.93. The monoisotopic (exact) mass is 371 g/mol. The number of benzene rings is 2. The van der Waals surface area contributed by atoms with E-state index in [0.717, 1.165) is 0 Å². The van der Waals surface area contributed by atoms with Crippen molar-refractivity contribution in [2.75, 3.05) is 12.4 Å². The molecule has 0 aliphatic rings. The molecule has 1 amide bonds. The molecule has 26 heavy (non-hydrogen) atoms. The predicted octanol–water partition coefficient (Wildman–Crippen LogP) is 3.40. The van der Waals surface area contributed by atoms with Crippen molar-refractivity contribution in [3.8, 4) is 11.4 Å². The number of aromatic nitrogens is 2. The van der Waals surface area contributed by atoms with Gasteiger partial charge in [-0.3, -0.25) is 14.3 Å². The number of hydrogen-bond acceptors (Lipinski definition) is 3. The zero-order valence-electron chi connectivity index (χ0n) is 14.6. The SMILES string of the molecule is COc1ccc(Cl)cc1C(=O)Nc1c(C)n(C)n(-c2ccccc2)c1=O. The lowest BCUT2D eigenvalue weighted by Crippen LogP contribution is -2.23. The van der Waals surface area contributed by atoms with E-state index >= 15 is 0 Å². The molecule has 0 aliphatic carbocycles. The first-order chi connectivity index (χ1) is 12.4. The Labute approximate surface area is 155 Å². The molecule has 0 saturated carbocycles. The van der Waals surface area contributed by atoms with E-state index in [0.29, 0.717) is 22.2 Å². The summed E-state index contributed by atoms with van der Waals surface area (Å²) < 4.78 is 8.41. The van der Waals surface area contributed by atoms with Gasteiger partial charge in [-0.25, -0.2) is 4.68 Å². The Morgan fingerprint density at radius 3 is 2.50 bits per heavy atom. The van der Waals surface area contributed by atoms with Crippen LogP contribution in [0, 0.1) is 6.92 Å². The van der Waals surface area contributed by atoms with Crippen molar-refractivity contribution in [1.82, 2.24) is 9.36 Å². The van der Waals surface area contributed by atoms with Gasteiger partial charge in [0.25, 0.3) is 11.5 Å². The van der Waals surface area contributed by atoms with Crippen molar-refractivity contribution in [3.05, 3.63) is 75.2 Å².